The molecule has 1 heterocycles. The minimum absolute atomic E-state index is 0.177. The van der Waals surface area contributed by atoms with Crippen molar-refractivity contribution in [3.63, 3.8) is 0 Å². The Balaban J connectivity index is 1.65. The van der Waals surface area contributed by atoms with Crippen LogP contribution in [0.1, 0.15) is 5.56 Å². The highest BCUT2D eigenvalue weighted by Gasteiger charge is 2.34. The van der Waals surface area contributed by atoms with E-state index in [9.17, 15) is 9.59 Å². The van der Waals surface area contributed by atoms with Crippen LogP contribution in [0.5, 0.6) is 11.5 Å². The maximum absolute atomic E-state index is 12.5. The van der Waals surface area contributed by atoms with Crippen LogP contribution in [0.3, 0.4) is 0 Å². The second-order valence-corrected chi connectivity index (χ2v) is 7.20. The van der Waals surface area contributed by atoms with Crippen molar-refractivity contribution in [2.24, 2.45) is 0 Å². The third kappa shape index (κ3) is 4.11. The van der Waals surface area contributed by atoms with Crippen molar-refractivity contribution in [3.8, 4) is 11.5 Å². The lowest BCUT2D eigenvalue weighted by atomic mass is 10.2. The van der Waals surface area contributed by atoms with Gasteiger partial charge in [-0.2, -0.15) is 0 Å². The predicted octanol–water partition coefficient (Wildman–Crippen LogP) is 4.57. The Hall–Kier alpha value is -2.25. The van der Waals surface area contributed by atoms with Crippen molar-refractivity contribution >= 4 is 44.9 Å². The van der Waals surface area contributed by atoms with Crippen LogP contribution in [0.2, 0.25) is 0 Å². The first-order chi connectivity index (χ1) is 12.6. The van der Waals surface area contributed by atoms with Crippen molar-refractivity contribution in [1.29, 1.82) is 0 Å². The molecule has 0 N–H and O–H groups in total. The van der Waals surface area contributed by atoms with Gasteiger partial charge in [0.05, 0.1) is 18.6 Å². The van der Waals surface area contributed by atoms with E-state index >= 15 is 0 Å². The molecule has 2 aromatic carbocycles. The lowest BCUT2D eigenvalue weighted by Gasteiger charge is -2.14. The molecular weight excluding hydrogens is 418 g/mol. The van der Waals surface area contributed by atoms with Crippen LogP contribution in [0.25, 0.3) is 6.08 Å². The Morgan fingerprint density at radius 2 is 1.77 bits per heavy atom. The average molecular weight is 434 g/mol. The Kier molecular flexibility index (Phi) is 6.00. The number of nitrogens with zero attached hydrogens (tertiary/aromatic N) is 1. The molecule has 0 radical (unpaired) electrons. The van der Waals surface area contributed by atoms with Gasteiger partial charge in [-0.15, -0.1) is 0 Å². The smallest absolute Gasteiger partial charge is 0.293 e. The van der Waals surface area contributed by atoms with Gasteiger partial charge in [0.2, 0.25) is 0 Å². The summed E-state index contributed by atoms with van der Waals surface area (Å²) in [5.74, 6) is 0.876. The van der Waals surface area contributed by atoms with E-state index in [2.05, 4.69) is 15.9 Å². The number of carbonyl (C=O) groups is 2. The molecule has 0 aromatic heterocycles. The number of rotatable bonds is 6. The zero-order valence-electron chi connectivity index (χ0n) is 14.0. The molecule has 1 saturated heterocycles. The SMILES string of the molecule is COc1ccccc1OCCN1C(=O)S/C(=C\c2ccccc2Br)C1=O. The number of para-hydroxylation sites is 2. The van der Waals surface area contributed by atoms with Crippen LogP contribution >= 0.6 is 27.7 Å². The Morgan fingerprint density at radius 3 is 2.50 bits per heavy atom. The van der Waals surface area contributed by atoms with Gasteiger partial charge in [0.1, 0.15) is 6.61 Å². The minimum Gasteiger partial charge on any atom is -0.493 e. The van der Waals surface area contributed by atoms with Gasteiger partial charge in [0.15, 0.2) is 11.5 Å². The molecule has 0 bridgehead atoms. The summed E-state index contributed by atoms with van der Waals surface area (Å²) in [4.78, 5) is 26.3. The predicted molar refractivity (Wildman–Crippen MR) is 105 cm³/mol. The summed E-state index contributed by atoms with van der Waals surface area (Å²) >= 11 is 4.38. The third-order valence-electron chi connectivity index (χ3n) is 3.71. The molecule has 2 aromatic rings. The first-order valence-electron chi connectivity index (χ1n) is 7.86. The summed E-state index contributed by atoms with van der Waals surface area (Å²) in [6.45, 7) is 0.372. The van der Waals surface area contributed by atoms with Crippen molar-refractivity contribution < 1.29 is 19.1 Å². The summed E-state index contributed by atoms with van der Waals surface area (Å²) in [6.07, 6.45) is 1.72. The lowest BCUT2D eigenvalue weighted by Crippen LogP contribution is -2.32. The fraction of sp³-hybridized carbons (Fsp3) is 0.158. The highest BCUT2D eigenvalue weighted by molar-refractivity contribution is 9.10. The van der Waals surface area contributed by atoms with Crippen molar-refractivity contribution in [2.75, 3.05) is 20.3 Å². The summed E-state index contributed by atoms with van der Waals surface area (Å²) in [7, 11) is 1.56. The molecule has 0 unspecified atom stereocenters. The van der Waals surface area contributed by atoms with E-state index in [4.69, 9.17) is 9.47 Å². The topological polar surface area (TPSA) is 55.8 Å². The number of ether oxygens (including phenoxy) is 2. The van der Waals surface area contributed by atoms with Crippen LogP contribution in [0.4, 0.5) is 4.79 Å². The number of amides is 2. The van der Waals surface area contributed by atoms with Crippen LogP contribution < -0.4 is 9.47 Å². The normalized spacial score (nSPS) is 15.6. The van der Waals surface area contributed by atoms with Gasteiger partial charge in [-0.3, -0.25) is 14.5 Å². The van der Waals surface area contributed by atoms with Crippen LogP contribution in [0, 0.1) is 0 Å². The van der Waals surface area contributed by atoms with E-state index in [1.807, 2.05) is 36.4 Å². The lowest BCUT2D eigenvalue weighted by molar-refractivity contribution is -0.123. The zero-order chi connectivity index (χ0) is 18.5. The molecule has 134 valence electrons. The summed E-state index contributed by atoms with van der Waals surface area (Å²) < 4.78 is 11.7. The van der Waals surface area contributed by atoms with Gasteiger partial charge in [0, 0.05) is 4.47 Å². The molecular formula is C19H16BrNO4S. The summed E-state index contributed by atoms with van der Waals surface area (Å²) in [5, 5.41) is -0.295. The van der Waals surface area contributed by atoms with Crippen LogP contribution in [-0.2, 0) is 4.79 Å². The minimum atomic E-state index is -0.306. The highest BCUT2D eigenvalue weighted by atomic mass is 79.9. The fourth-order valence-corrected chi connectivity index (χ4v) is 3.67. The average Bonchev–Trinajstić information content (AvgIpc) is 2.91. The maximum atomic E-state index is 12.5. The van der Waals surface area contributed by atoms with E-state index in [1.165, 1.54) is 4.90 Å². The molecule has 0 atom stereocenters. The molecule has 2 amide bonds. The molecule has 5 nitrogen and oxygen atoms in total. The van der Waals surface area contributed by atoms with E-state index in [0.717, 1.165) is 21.8 Å². The number of hydrogen-bond acceptors (Lipinski definition) is 5. The molecule has 0 saturated carbocycles. The summed E-state index contributed by atoms with van der Waals surface area (Å²) in [5.41, 5.74) is 0.850. The standard InChI is InChI=1S/C19H16BrNO4S/c1-24-15-8-4-5-9-16(15)25-11-10-21-18(22)17(26-19(21)23)12-13-6-2-3-7-14(13)20/h2-9,12H,10-11H2,1H3/b17-12-. The van der Waals surface area contributed by atoms with Crippen LogP contribution in [0.15, 0.2) is 57.9 Å². The van der Waals surface area contributed by atoms with Gasteiger partial charge in [-0.1, -0.05) is 46.3 Å². The second kappa shape index (κ2) is 8.42. The number of methoxy groups -OCH3 is 1. The molecule has 1 aliphatic rings. The van der Waals surface area contributed by atoms with E-state index in [1.54, 1.807) is 25.3 Å². The second-order valence-electron chi connectivity index (χ2n) is 5.35. The first-order valence-corrected chi connectivity index (χ1v) is 9.47. The molecule has 7 heteroatoms. The quantitative estimate of drug-likeness (QED) is 0.624. The molecule has 26 heavy (non-hydrogen) atoms. The van der Waals surface area contributed by atoms with Crippen molar-refractivity contribution in [1.82, 2.24) is 4.90 Å². The van der Waals surface area contributed by atoms with Gasteiger partial charge in [0.25, 0.3) is 11.1 Å². The summed E-state index contributed by atoms with van der Waals surface area (Å²) in [6, 6.07) is 14.8. The number of imide groups is 1. The Morgan fingerprint density at radius 1 is 1.08 bits per heavy atom. The van der Waals surface area contributed by atoms with Gasteiger partial charge >= 0.3 is 0 Å². The first kappa shape index (κ1) is 18.5. The molecule has 0 spiro atoms. The molecule has 0 aliphatic carbocycles. The number of carbonyl (C=O) groups excluding carboxylic acids is 2. The number of halogens is 1. The number of thioether (sulfide) groups is 1. The monoisotopic (exact) mass is 433 g/mol. The highest BCUT2D eigenvalue weighted by Crippen LogP contribution is 2.33. The van der Waals surface area contributed by atoms with E-state index in [0.29, 0.717) is 16.4 Å². The number of hydrogen-bond donors (Lipinski definition) is 0. The third-order valence-corrected chi connectivity index (χ3v) is 5.34. The molecule has 1 aliphatic heterocycles. The van der Waals surface area contributed by atoms with Crippen LogP contribution in [-0.4, -0.2) is 36.3 Å². The van der Waals surface area contributed by atoms with Gasteiger partial charge in [-0.05, 0) is 41.6 Å². The Bertz CT molecular complexity index is 868. The molecule has 3 rings (SSSR count). The van der Waals surface area contributed by atoms with E-state index < -0.39 is 0 Å². The van der Waals surface area contributed by atoms with Crippen molar-refractivity contribution in [3.05, 3.63) is 63.5 Å². The van der Waals surface area contributed by atoms with Gasteiger partial charge in [-0.25, -0.2) is 0 Å². The molecule has 1 fully saturated rings. The van der Waals surface area contributed by atoms with Gasteiger partial charge < -0.3 is 9.47 Å². The Labute approximate surface area is 164 Å². The van der Waals surface area contributed by atoms with Crippen molar-refractivity contribution in [2.45, 2.75) is 0 Å². The maximum Gasteiger partial charge on any atom is 0.293 e. The van der Waals surface area contributed by atoms with E-state index in [-0.39, 0.29) is 24.3 Å². The zero-order valence-corrected chi connectivity index (χ0v) is 16.4. The fourth-order valence-electron chi connectivity index (χ4n) is 2.41. The largest absolute Gasteiger partial charge is 0.493 e. The number of benzene rings is 2.